The zero-order valence-electron chi connectivity index (χ0n) is 10.5. The molecule has 148 valence electrons. The second-order valence-electron chi connectivity index (χ2n) is 3.96. The van der Waals surface area contributed by atoms with Gasteiger partial charge in [0, 0.05) is 0 Å². The van der Waals surface area contributed by atoms with Crippen LogP contribution in [0.4, 0.5) is 52.2 Å². The van der Waals surface area contributed by atoms with Gasteiger partial charge in [0.2, 0.25) is 0 Å². The van der Waals surface area contributed by atoms with Crippen LogP contribution in [0.1, 0.15) is 0 Å². The van der Waals surface area contributed by atoms with Gasteiger partial charge in [0.05, 0.1) is 0 Å². The zero-order valence-corrected chi connectivity index (χ0v) is 11.3. The van der Waals surface area contributed by atoms with Crippen molar-refractivity contribution < 1.29 is 74.8 Å². The number of hydrogen-bond donors (Lipinski definition) is 0. The Bertz CT molecular complexity index is 664. The van der Waals surface area contributed by atoms with Crippen LogP contribution in [0.2, 0.25) is 0 Å². The van der Waals surface area contributed by atoms with E-state index in [1.165, 1.54) is 0 Å². The molecule has 0 amide bonds. The van der Waals surface area contributed by atoms with E-state index in [4.69, 9.17) is 0 Å². The smallest absolute Gasteiger partial charge is 0.408 e. The fraction of sp³-hybridized carbons (Fsp3) is 0.714. The van der Waals surface area contributed by atoms with Gasteiger partial charge in [-0.15, -0.1) is 0 Å². The summed E-state index contributed by atoms with van der Waals surface area (Å²) in [4.78, 5) is 0. The molecule has 0 unspecified atom stereocenters. The van der Waals surface area contributed by atoms with E-state index in [0.29, 0.717) is 0 Å². The molecule has 5 nitrogen and oxygen atoms in total. The van der Waals surface area contributed by atoms with Crippen LogP contribution < -0.4 is 0 Å². The highest BCUT2D eigenvalue weighted by atomic mass is 32.3. The Labute approximate surface area is 127 Å². The molecule has 1 rings (SSSR count). The summed E-state index contributed by atoms with van der Waals surface area (Å²) < 4.78 is 179. The highest BCUT2D eigenvalue weighted by molar-refractivity contribution is 7.87. The number of hydrogen-bond acceptors (Lipinski definition) is 5. The van der Waals surface area contributed by atoms with Crippen LogP contribution in [0, 0.1) is 0 Å². The second kappa shape index (κ2) is 5.45. The number of alkyl halides is 9. The van der Waals surface area contributed by atoms with Crippen molar-refractivity contribution in [1.29, 1.82) is 0 Å². The molecular formula is C7F12O5S. The molecule has 25 heavy (non-hydrogen) atoms. The predicted octanol–water partition coefficient (Wildman–Crippen LogP) is 3.45. The highest BCUT2D eigenvalue weighted by Crippen LogP contribution is 2.55. The molecule has 1 aliphatic heterocycles. The van der Waals surface area contributed by atoms with Gasteiger partial charge in [0.15, 0.2) is 0 Å². The first-order valence-corrected chi connectivity index (χ1v) is 6.38. The van der Waals surface area contributed by atoms with Crippen LogP contribution in [-0.4, -0.2) is 37.9 Å². The molecule has 0 atom stereocenters. The lowest BCUT2D eigenvalue weighted by atomic mass is 10.2. The maximum Gasteiger partial charge on any atom is 0.478 e. The predicted molar refractivity (Wildman–Crippen MR) is 46.2 cm³/mol. The molecule has 0 aromatic carbocycles. The van der Waals surface area contributed by atoms with E-state index < -0.39 is 51.7 Å². The first-order valence-electron chi connectivity index (χ1n) is 5.00. The summed E-state index contributed by atoms with van der Waals surface area (Å²) in [5.41, 5.74) is 0. The summed E-state index contributed by atoms with van der Waals surface area (Å²) in [6, 6.07) is -6.32. The molecule has 0 aliphatic carbocycles. The third-order valence-corrected chi connectivity index (χ3v) is 3.13. The summed E-state index contributed by atoms with van der Waals surface area (Å²) in [6.07, 6.45) is -20.9. The molecule has 0 bridgehead atoms. The molecule has 1 aliphatic rings. The maximum absolute atomic E-state index is 13.4. The molecule has 18 heteroatoms. The zero-order chi connectivity index (χ0) is 20.3. The molecule has 0 N–H and O–H groups in total. The Morgan fingerprint density at radius 1 is 0.840 bits per heavy atom. The summed E-state index contributed by atoms with van der Waals surface area (Å²) in [6.45, 7) is 0. The molecule has 0 spiro atoms. The van der Waals surface area contributed by atoms with Crippen LogP contribution in [0.25, 0.3) is 0 Å². The number of ether oxygens (including phenoxy) is 3. The first-order chi connectivity index (χ1) is 10.7. The van der Waals surface area contributed by atoms with Crippen molar-refractivity contribution in [3.05, 3.63) is 12.0 Å². The highest BCUT2D eigenvalue weighted by Gasteiger charge is 2.84. The average molecular weight is 424 g/mol. The van der Waals surface area contributed by atoms with Gasteiger partial charge in [-0.05, 0) is 0 Å². The van der Waals surface area contributed by atoms with Crippen molar-refractivity contribution in [1.82, 2.24) is 0 Å². The van der Waals surface area contributed by atoms with Gasteiger partial charge < -0.3 is 9.47 Å². The minimum absolute atomic E-state index is 1.76. The minimum atomic E-state index is -7.70. The summed E-state index contributed by atoms with van der Waals surface area (Å²) >= 11 is 0. The summed E-state index contributed by atoms with van der Waals surface area (Å²) in [7, 11) is -7.70. The van der Waals surface area contributed by atoms with E-state index >= 15 is 0 Å². The topological polar surface area (TPSA) is 61.8 Å². The van der Waals surface area contributed by atoms with Gasteiger partial charge in [0.1, 0.15) is 0 Å². The van der Waals surface area contributed by atoms with Crippen molar-refractivity contribution in [3.63, 3.8) is 0 Å². The molecule has 0 fully saturated rings. The molecule has 1 heterocycles. The quantitative estimate of drug-likeness (QED) is 0.500. The SMILES string of the molecule is O=S(=O)(F)C(F)(F)C(F)(F)OC(F)(F)C1(C(F)(F)F)OC(F)=C(F)O1. The lowest BCUT2D eigenvalue weighted by molar-refractivity contribution is -0.516. The van der Waals surface area contributed by atoms with E-state index in [1.807, 2.05) is 0 Å². The Hall–Kier alpha value is -1.59. The van der Waals surface area contributed by atoms with Crippen LogP contribution >= 0.6 is 0 Å². The molecule has 0 aromatic rings. The molecule has 0 aromatic heterocycles. The Morgan fingerprint density at radius 2 is 1.20 bits per heavy atom. The van der Waals surface area contributed by atoms with Gasteiger partial charge >= 0.3 is 51.7 Å². The van der Waals surface area contributed by atoms with Crippen molar-refractivity contribution in [2.75, 3.05) is 0 Å². The molecule has 0 saturated heterocycles. The third kappa shape index (κ3) is 3.15. The van der Waals surface area contributed by atoms with E-state index in [1.54, 1.807) is 4.74 Å². The van der Waals surface area contributed by atoms with Gasteiger partial charge in [0.25, 0.3) is 0 Å². The van der Waals surface area contributed by atoms with Crippen LogP contribution in [0.5, 0.6) is 0 Å². The van der Waals surface area contributed by atoms with E-state index in [9.17, 15) is 60.6 Å². The number of rotatable bonds is 5. The largest absolute Gasteiger partial charge is 0.478 e. The molecule has 0 saturated carbocycles. The minimum Gasteiger partial charge on any atom is -0.408 e. The first kappa shape index (κ1) is 21.5. The van der Waals surface area contributed by atoms with Crippen molar-refractivity contribution in [3.8, 4) is 0 Å². The van der Waals surface area contributed by atoms with Gasteiger partial charge in [-0.2, -0.15) is 56.7 Å². The second-order valence-corrected chi connectivity index (χ2v) is 5.34. The Kier molecular flexibility index (Phi) is 4.68. The standard InChI is InChI=1S/C7F12O5S/c8-1-2(9)23-3(22-1,4(10,11)12)5(13,14)24-6(15,16)7(17,18)25(19,20)21. The summed E-state index contributed by atoms with van der Waals surface area (Å²) in [5, 5.41) is -7.13. The number of halogens is 12. The summed E-state index contributed by atoms with van der Waals surface area (Å²) in [5.74, 6) is -6.09. The van der Waals surface area contributed by atoms with E-state index in [2.05, 4.69) is 9.47 Å². The maximum atomic E-state index is 13.4. The van der Waals surface area contributed by atoms with Gasteiger partial charge in [-0.1, -0.05) is 3.89 Å². The van der Waals surface area contributed by atoms with Crippen LogP contribution in [0.3, 0.4) is 0 Å². The van der Waals surface area contributed by atoms with Gasteiger partial charge in [-0.25, -0.2) is 4.74 Å². The monoisotopic (exact) mass is 424 g/mol. The van der Waals surface area contributed by atoms with Crippen molar-refractivity contribution in [2.24, 2.45) is 0 Å². The Morgan fingerprint density at radius 3 is 1.48 bits per heavy atom. The van der Waals surface area contributed by atoms with Crippen molar-refractivity contribution in [2.45, 2.75) is 29.4 Å². The van der Waals surface area contributed by atoms with E-state index in [-0.39, 0.29) is 0 Å². The molecular weight excluding hydrogens is 424 g/mol. The Balaban J connectivity index is 3.40. The fourth-order valence-electron chi connectivity index (χ4n) is 1.18. The lowest BCUT2D eigenvalue weighted by Crippen LogP contribution is -2.64. The van der Waals surface area contributed by atoms with Crippen LogP contribution in [-0.2, 0) is 24.4 Å². The fourth-order valence-corrected chi connectivity index (χ4v) is 1.51. The molecule has 0 radical (unpaired) electrons. The van der Waals surface area contributed by atoms with Crippen molar-refractivity contribution >= 4 is 10.2 Å². The van der Waals surface area contributed by atoms with Crippen LogP contribution in [0.15, 0.2) is 12.0 Å². The van der Waals surface area contributed by atoms with Gasteiger partial charge in [-0.3, -0.25) is 0 Å². The third-order valence-electron chi connectivity index (χ3n) is 2.28. The lowest BCUT2D eigenvalue weighted by Gasteiger charge is -2.36. The average Bonchev–Trinajstić information content (AvgIpc) is 2.63. The normalized spacial score (nSPS) is 19.7. The van der Waals surface area contributed by atoms with E-state index in [0.717, 1.165) is 0 Å².